The number of piperidine rings is 1. The number of aliphatic hydroxyl groups excluding tert-OH is 1. The predicted molar refractivity (Wildman–Crippen MR) is 129 cm³/mol. The fraction of sp³-hybridized carbons (Fsp3) is 0.407. The molecule has 1 N–H and O–H groups in total. The highest BCUT2D eigenvalue weighted by atomic mass is 16.3. The molecule has 2 heterocycles. The van der Waals surface area contributed by atoms with Crippen LogP contribution in [0.4, 0.5) is 4.79 Å². The summed E-state index contributed by atoms with van der Waals surface area (Å²) in [5.74, 6) is -0.0987. The molecule has 0 unspecified atom stereocenters. The molecule has 2 aliphatic heterocycles. The molecule has 174 valence electrons. The van der Waals surface area contributed by atoms with E-state index < -0.39 is 5.54 Å². The number of aliphatic hydroxyl groups is 1. The van der Waals surface area contributed by atoms with Gasteiger partial charge in [0.15, 0.2) is 0 Å². The van der Waals surface area contributed by atoms with E-state index in [2.05, 4.69) is 36.1 Å². The van der Waals surface area contributed by atoms with Crippen LogP contribution in [0, 0.1) is 6.92 Å². The molecular weight excluding hydrogens is 414 g/mol. The Bertz CT molecular complexity index is 997. The first-order valence-corrected chi connectivity index (χ1v) is 11.8. The fourth-order valence-corrected chi connectivity index (χ4v) is 4.97. The van der Waals surface area contributed by atoms with E-state index in [1.807, 2.05) is 42.5 Å². The largest absolute Gasteiger partial charge is 0.396 e. The van der Waals surface area contributed by atoms with E-state index in [-0.39, 0.29) is 25.1 Å². The standard InChI is InChI=1S/C27H33N3O3/c1-22-8-5-11-24(20-22)21-28-17-13-27(14-18-28)25(32)29(26(33)30(27)16-7-19-31)15-6-12-23-9-3-2-4-10-23/h2-6,8-12,20,31H,7,13-19,21H2,1H3/b12-6+. The number of rotatable bonds is 8. The number of likely N-dealkylation sites (tertiary alicyclic amines) is 1. The number of urea groups is 1. The van der Waals surface area contributed by atoms with E-state index in [1.54, 1.807) is 4.90 Å². The van der Waals surface area contributed by atoms with Gasteiger partial charge in [0.2, 0.25) is 0 Å². The van der Waals surface area contributed by atoms with Gasteiger partial charge in [0.25, 0.3) is 5.91 Å². The molecule has 2 aromatic carbocycles. The molecule has 0 atom stereocenters. The zero-order valence-corrected chi connectivity index (χ0v) is 19.3. The lowest BCUT2D eigenvalue weighted by molar-refractivity contribution is -0.135. The zero-order valence-electron chi connectivity index (χ0n) is 19.3. The third-order valence-electron chi connectivity index (χ3n) is 6.73. The normalized spacial score (nSPS) is 18.7. The van der Waals surface area contributed by atoms with Gasteiger partial charge in [-0.05, 0) is 37.3 Å². The average Bonchev–Trinajstić information content (AvgIpc) is 3.01. The van der Waals surface area contributed by atoms with Crippen LogP contribution in [0.5, 0.6) is 0 Å². The molecular formula is C27H33N3O3. The molecule has 33 heavy (non-hydrogen) atoms. The molecule has 2 aromatic rings. The van der Waals surface area contributed by atoms with Crippen molar-refractivity contribution in [2.45, 2.75) is 38.3 Å². The lowest BCUT2D eigenvalue weighted by atomic mass is 9.85. The minimum Gasteiger partial charge on any atom is -0.396 e. The first-order valence-electron chi connectivity index (χ1n) is 11.8. The second-order valence-corrected chi connectivity index (χ2v) is 9.04. The van der Waals surface area contributed by atoms with Crippen molar-refractivity contribution < 1.29 is 14.7 Å². The monoisotopic (exact) mass is 447 g/mol. The van der Waals surface area contributed by atoms with Crippen LogP contribution in [0.2, 0.25) is 0 Å². The summed E-state index contributed by atoms with van der Waals surface area (Å²) in [4.78, 5) is 32.3. The maximum atomic E-state index is 13.6. The Morgan fingerprint density at radius 1 is 1.03 bits per heavy atom. The van der Waals surface area contributed by atoms with Crippen molar-refractivity contribution in [3.05, 3.63) is 77.4 Å². The number of imide groups is 1. The molecule has 6 heteroatoms. The quantitative estimate of drug-likeness (QED) is 0.627. The van der Waals surface area contributed by atoms with E-state index in [9.17, 15) is 14.7 Å². The first-order chi connectivity index (χ1) is 16.0. The van der Waals surface area contributed by atoms with Crippen LogP contribution >= 0.6 is 0 Å². The predicted octanol–water partition coefficient (Wildman–Crippen LogP) is 3.69. The second-order valence-electron chi connectivity index (χ2n) is 9.04. The van der Waals surface area contributed by atoms with E-state index >= 15 is 0 Å². The van der Waals surface area contributed by atoms with E-state index in [4.69, 9.17) is 0 Å². The summed E-state index contributed by atoms with van der Waals surface area (Å²) in [7, 11) is 0. The number of nitrogens with zero attached hydrogens (tertiary/aromatic N) is 3. The maximum Gasteiger partial charge on any atom is 0.327 e. The van der Waals surface area contributed by atoms with Crippen LogP contribution in [-0.4, -0.2) is 70.1 Å². The lowest BCUT2D eigenvalue weighted by Crippen LogP contribution is -2.56. The molecule has 2 aliphatic rings. The molecule has 2 saturated heterocycles. The summed E-state index contributed by atoms with van der Waals surface area (Å²) in [6, 6.07) is 18.1. The summed E-state index contributed by atoms with van der Waals surface area (Å²) in [6.07, 6.45) is 5.53. The van der Waals surface area contributed by atoms with Crippen LogP contribution in [0.1, 0.15) is 36.0 Å². The highest BCUT2D eigenvalue weighted by molar-refractivity contribution is 6.07. The van der Waals surface area contributed by atoms with Crippen LogP contribution in [0.15, 0.2) is 60.7 Å². The van der Waals surface area contributed by atoms with E-state index in [1.165, 1.54) is 16.0 Å². The number of hydrogen-bond donors (Lipinski definition) is 1. The molecule has 1 spiro atoms. The zero-order chi connectivity index (χ0) is 23.3. The van der Waals surface area contributed by atoms with Crippen molar-refractivity contribution in [1.29, 1.82) is 0 Å². The molecule has 0 bridgehead atoms. The summed E-state index contributed by atoms with van der Waals surface area (Å²) in [6.45, 7) is 5.13. The van der Waals surface area contributed by atoms with Crippen molar-refractivity contribution >= 4 is 18.0 Å². The van der Waals surface area contributed by atoms with Gasteiger partial charge in [-0.2, -0.15) is 0 Å². The van der Waals surface area contributed by atoms with Gasteiger partial charge in [-0.15, -0.1) is 0 Å². The minimum absolute atomic E-state index is 0.00143. The Kier molecular flexibility index (Phi) is 7.26. The molecule has 0 aromatic heterocycles. The number of carbonyl (C=O) groups is 2. The fourth-order valence-electron chi connectivity index (χ4n) is 4.97. The lowest BCUT2D eigenvalue weighted by Gasteiger charge is -2.42. The molecule has 0 radical (unpaired) electrons. The number of carbonyl (C=O) groups excluding carboxylic acids is 2. The number of hydrogen-bond acceptors (Lipinski definition) is 4. The van der Waals surface area contributed by atoms with Crippen LogP contribution in [0.3, 0.4) is 0 Å². The van der Waals surface area contributed by atoms with Crippen molar-refractivity contribution in [2.24, 2.45) is 0 Å². The summed E-state index contributed by atoms with van der Waals surface area (Å²) >= 11 is 0. The molecule has 0 saturated carbocycles. The average molecular weight is 448 g/mol. The molecule has 0 aliphatic carbocycles. The number of benzene rings is 2. The smallest absolute Gasteiger partial charge is 0.327 e. The highest BCUT2D eigenvalue weighted by Crippen LogP contribution is 2.37. The van der Waals surface area contributed by atoms with Gasteiger partial charge in [0.1, 0.15) is 5.54 Å². The number of amides is 3. The van der Waals surface area contributed by atoms with Gasteiger partial charge < -0.3 is 10.0 Å². The van der Waals surface area contributed by atoms with Crippen molar-refractivity contribution in [2.75, 3.05) is 32.8 Å². The highest BCUT2D eigenvalue weighted by Gasteiger charge is 2.57. The molecule has 6 nitrogen and oxygen atoms in total. The Morgan fingerprint density at radius 3 is 2.48 bits per heavy atom. The van der Waals surface area contributed by atoms with Gasteiger partial charge in [-0.3, -0.25) is 14.6 Å². The van der Waals surface area contributed by atoms with Crippen LogP contribution in [-0.2, 0) is 11.3 Å². The van der Waals surface area contributed by atoms with Crippen LogP contribution in [0.25, 0.3) is 6.08 Å². The Morgan fingerprint density at radius 2 is 1.79 bits per heavy atom. The van der Waals surface area contributed by atoms with Gasteiger partial charge in [-0.1, -0.05) is 72.3 Å². The Labute approximate surface area is 196 Å². The molecule has 3 amide bonds. The summed E-state index contributed by atoms with van der Waals surface area (Å²) in [5, 5.41) is 9.37. The third-order valence-corrected chi connectivity index (χ3v) is 6.73. The van der Waals surface area contributed by atoms with Crippen molar-refractivity contribution in [1.82, 2.24) is 14.7 Å². The first kappa shape index (κ1) is 23.2. The van der Waals surface area contributed by atoms with Gasteiger partial charge in [-0.25, -0.2) is 4.79 Å². The van der Waals surface area contributed by atoms with Crippen molar-refractivity contribution in [3.8, 4) is 0 Å². The molecule has 4 rings (SSSR count). The van der Waals surface area contributed by atoms with E-state index in [0.717, 1.165) is 25.2 Å². The van der Waals surface area contributed by atoms with Gasteiger partial charge in [0.05, 0.1) is 0 Å². The Hall–Kier alpha value is -2.96. The number of aryl methyl sites for hydroxylation is 1. The van der Waals surface area contributed by atoms with Crippen molar-refractivity contribution in [3.63, 3.8) is 0 Å². The molecule has 2 fully saturated rings. The third kappa shape index (κ3) is 5.02. The van der Waals surface area contributed by atoms with Gasteiger partial charge in [0, 0.05) is 39.3 Å². The minimum atomic E-state index is -0.796. The van der Waals surface area contributed by atoms with Crippen LogP contribution < -0.4 is 0 Å². The summed E-state index contributed by atoms with van der Waals surface area (Å²) in [5.41, 5.74) is 2.75. The Balaban J connectivity index is 1.46. The second kappa shape index (κ2) is 10.3. The summed E-state index contributed by atoms with van der Waals surface area (Å²) < 4.78 is 0. The van der Waals surface area contributed by atoms with Gasteiger partial charge >= 0.3 is 6.03 Å². The topological polar surface area (TPSA) is 64.1 Å². The SMILES string of the molecule is Cc1cccc(CN2CCC3(CC2)C(=O)N(C/C=C/c2ccccc2)C(=O)N3CCCO)c1. The van der Waals surface area contributed by atoms with E-state index in [0.29, 0.717) is 25.8 Å². The maximum absolute atomic E-state index is 13.6.